The fourth-order valence-corrected chi connectivity index (χ4v) is 2.70. The molecule has 0 aliphatic carbocycles. The summed E-state index contributed by atoms with van der Waals surface area (Å²) >= 11 is 0. The van der Waals surface area contributed by atoms with E-state index in [0.717, 1.165) is 25.7 Å². The number of hydrogen-bond donors (Lipinski definition) is 0. The maximum Gasteiger partial charge on any atom is 0.588 e. The number of allylic oxidation sites excluding steroid dienone is 10. The van der Waals surface area contributed by atoms with Crippen molar-refractivity contribution in [3.8, 4) is 0 Å². The molecule has 0 bridgehead atoms. The van der Waals surface area contributed by atoms with E-state index in [-0.39, 0.29) is 6.42 Å². The van der Waals surface area contributed by atoms with Gasteiger partial charge in [0.1, 0.15) is 9.85 Å². The largest absolute Gasteiger partial charge is 0.588 e. The Bertz CT molecular complexity index is 741. The molecule has 1 radical (unpaired) electrons. The van der Waals surface area contributed by atoms with Gasteiger partial charge in [-0.1, -0.05) is 67.7 Å². The van der Waals surface area contributed by atoms with Crippen LogP contribution in [-0.2, 0) is 4.79 Å². The van der Waals surface area contributed by atoms with Crippen LogP contribution >= 0.6 is 0 Å². The van der Waals surface area contributed by atoms with Crippen molar-refractivity contribution in [1.82, 2.24) is 0 Å². The molecule has 1 unspecified atom stereocenters. The average molecular weight is 448 g/mol. The summed E-state index contributed by atoms with van der Waals surface area (Å²) in [5.74, 6) is 0. The van der Waals surface area contributed by atoms with Gasteiger partial charge >= 0.3 is 18.0 Å². The van der Waals surface area contributed by atoms with Gasteiger partial charge in [0.05, 0.1) is 0 Å². The van der Waals surface area contributed by atoms with Gasteiger partial charge in [-0.15, -0.1) is 0 Å². The summed E-state index contributed by atoms with van der Waals surface area (Å²) in [6.45, 7) is 2.10. The highest BCUT2D eigenvalue weighted by Crippen LogP contribution is 2.22. The van der Waals surface area contributed by atoms with Gasteiger partial charge < -0.3 is 0 Å². The molecule has 10 heteroatoms. The monoisotopic (exact) mass is 448 g/mol. The van der Waals surface area contributed by atoms with E-state index in [0.29, 0.717) is 19.1 Å². The molecule has 1 atom stereocenters. The summed E-state index contributed by atoms with van der Waals surface area (Å²) in [7, 11) is 0. The van der Waals surface area contributed by atoms with Crippen molar-refractivity contribution in [2.24, 2.45) is 0 Å². The van der Waals surface area contributed by atoms with Crippen molar-refractivity contribution in [1.29, 1.82) is 0 Å². The normalized spacial score (nSPS) is 13.7. The minimum absolute atomic E-state index is 0.0848. The van der Waals surface area contributed by atoms with Crippen LogP contribution in [0.1, 0.15) is 58.3 Å². The van der Waals surface area contributed by atoms with Crippen LogP contribution in [0.4, 0.5) is 0 Å². The van der Waals surface area contributed by atoms with E-state index in [4.69, 9.17) is 0 Å². The molecule has 10 nitrogen and oxygen atoms in total. The highest BCUT2D eigenvalue weighted by atomic mass is 16.7. The van der Waals surface area contributed by atoms with Crippen LogP contribution in [0, 0.1) is 30.3 Å². The molecule has 0 aliphatic heterocycles. The Morgan fingerprint density at radius 2 is 1.16 bits per heavy atom. The Morgan fingerprint density at radius 3 is 1.50 bits per heavy atom. The number of carbonyl (C=O) groups excluding carboxylic acids is 1. The Kier molecular flexibility index (Phi) is 15.4. The molecule has 0 aromatic carbocycles. The zero-order valence-electron chi connectivity index (χ0n) is 18.2. The highest BCUT2D eigenvalue weighted by molar-refractivity contribution is 5.61. The first-order valence-corrected chi connectivity index (χ1v) is 10.4. The van der Waals surface area contributed by atoms with Gasteiger partial charge in [-0.05, 0) is 44.9 Å². The second-order valence-corrected chi connectivity index (χ2v) is 6.78. The lowest BCUT2D eigenvalue weighted by Crippen LogP contribution is -2.59. The summed E-state index contributed by atoms with van der Waals surface area (Å²) in [4.78, 5) is 39.7. The summed E-state index contributed by atoms with van der Waals surface area (Å²) < 4.78 is 0. The van der Waals surface area contributed by atoms with Crippen LogP contribution in [-0.4, -0.2) is 32.8 Å². The van der Waals surface area contributed by atoms with E-state index < -0.39 is 32.9 Å². The number of unbranched alkanes of at least 4 members (excludes halogenated alkanes) is 1. The third-order valence-corrected chi connectivity index (χ3v) is 4.43. The second kappa shape index (κ2) is 17.3. The molecular weight excluding hydrogens is 418 g/mol. The molecule has 0 aliphatic rings. The van der Waals surface area contributed by atoms with Crippen molar-refractivity contribution < 1.29 is 19.6 Å². The minimum Gasteiger partial charge on any atom is -0.273 e. The first kappa shape index (κ1) is 28.6. The summed E-state index contributed by atoms with van der Waals surface area (Å²) in [5, 5.41) is 33.1. The van der Waals surface area contributed by atoms with Crippen molar-refractivity contribution in [3.05, 3.63) is 91.1 Å². The van der Waals surface area contributed by atoms with Gasteiger partial charge in [-0.3, -0.25) is 35.1 Å². The van der Waals surface area contributed by atoms with Gasteiger partial charge in [0.2, 0.25) is 0 Å². The lowest BCUT2D eigenvalue weighted by molar-refractivity contribution is -0.810. The van der Waals surface area contributed by atoms with Gasteiger partial charge in [-0.25, -0.2) is 0 Å². The number of nitro groups is 3. The molecular formula is C22H30N3O7. The highest BCUT2D eigenvalue weighted by Gasteiger charge is 2.71. The number of nitrogens with zero attached hydrogens (tertiary/aromatic N) is 3. The van der Waals surface area contributed by atoms with Crippen LogP contribution < -0.4 is 0 Å². The summed E-state index contributed by atoms with van der Waals surface area (Å²) in [6, 6.07) is -2.28. The van der Waals surface area contributed by atoms with E-state index in [1.807, 2.05) is 18.2 Å². The summed E-state index contributed by atoms with van der Waals surface area (Å²) in [5.41, 5.74) is -3.59. The fourth-order valence-electron chi connectivity index (χ4n) is 2.70. The lowest BCUT2D eigenvalue weighted by Gasteiger charge is -2.14. The minimum atomic E-state index is -3.59. The van der Waals surface area contributed by atoms with Crippen molar-refractivity contribution in [3.63, 3.8) is 0 Å². The van der Waals surface area contributed by atoms with Crippen LogP contribution in [0.15, 0.2) is 60.8 Å². The van der Waals surface area contributed by atoms with E-state index >= 15 is 0 Å². The third kappa shape index (κ3) is 10.6. The second-order valence-electron chi connectivity index (χ2n) is 6.78. The molecule has 0 aromatic rings. The number of hydrogen-bond acceptors (Lipinski definition) is 7. The van der Waals surface area contributed by atoms with E-state index in [1.165, 1.54) is 0 Å². The lowest BCUT2D eigenvalue weighted by atomic mass is 9.97. The third-order valence-electron chi connectivity index (χ3n) is 4.43. The number of rotatable bonds is 18. The smallest absolute Gasteiger partial charge is 0.273 e. The summed E-state index contributed by atoms with van der Waals surface area (Å²) in [6.07, 6.45) is 25.1. The standard InChI is InChI=1S/C22H30N3O7/c1-2-3-4-5-6-7-8-9-10-11-12-13-14-15-16-17-18-19-21(23(27)28)22(20-26,24(29)30)25(31)32/h3-4,6-7,9-10,12-13,15-16,21H,2,5,8,11,14,17-19H2,1H3/b4-3+,7-6+,10-9+,13-12+,16-15+. The van der Waals surface area contributed by atoms with Gasteiger partial charge in [-0.2, -0.15) is 0 Å². The molecule has 0 aromatic heterocycles. The first-order valence-electron chi connectivity index (χ1n) is 10.4. The van der Waals surface area contributed by atoms with Crippen LogP contribution in [0.5, 0.6) is 0 Å². The van der Waals surface area contributed by atoms with Crippen molar-refractivity contribution in [2.75, 3.05) is 0 Å². The molecule has 0 saturated carbocycles. The Balaban J connectivity index is 4.28. The van der Waals surface area contributed by atoms with Gasteiger partial charge in [0.15, 0.2) is 0 Å². The van der Waals surface area contributed by atoms with Gasteiger partial charge in [0.25, 0.3) is 0 Å². The quantitative estimate of drug-likeness (QED) is 0.0951. The van der Waals surface area contributed by atoms with Crippen molar-refractivity contribution in [2.45, 2.75) is 70.0 Å². The predicted molar refractivity (Wildman–Crippen MR) is 122 cm³/mol. The molecule has 32 heavy (non-hydrogen) atoms. The zero-order valence-corrected chi connectivity index (χ0v) is 18.2. The molecule has 175 valence electrons. The maximum absolute atomic E-state index is 11.1. The van der Waals surface area contributed by atoms with E-state index in [9.17, 15) is 35.1 Å². The zero-order chi connectivity index (χ0) is 24.2. The SMILES string of the molecule is CC/C=C/C/C=C/C/C=C/C/C=C/C/C=C/CCCC([N+](=O)[O-])C([C]=O)([N+](=O)[O-])[N+](=O)[O-]. The Labute approximate surface area is 187 Å². The van der Waals surface area contributed by atoms with Crippen LogP contribution in [0.3, 0.4) is 0 Å². The predicted octanol–water partition coefficient (Wildman–Crippen LogP) is 4.91. The van der Waals surface area contributed by atoms with Crippen LogP contribution in [0.2, 0.25) is 0 Å². The molecule has 0 rings (SSSR count). The molecule has 0 heterocycles. The Morgan fingerprint density at radius 1 is 0.750 bits per heavy atom. The molecule has 0 spiro atoms. The first-order chi connectivity index (χ1) is 15.3. The molecule has 0 fully saturated rings. The molecule has 0 N–H and O–H groups in total. The fraction of sp³-hybridized carbons (Fsp3) is 0.500. The van der Waals surface area contributed by atoms with Crippen LogP contribution in [0.25, 0.3) is 0 Å². The van der Waals surface area contributed by atoms with Gasteiger partial charge in [0, 0.05) is 11.3 Å². The van der Waals surface area contributed by atoms with E-state index in [2.05, 4.69) is 43.4 Å². The average Bonchev–Trinajstić information content (AvgIpc) is 2.74. The van der Waals surface area contributed by atoms with E-state index in [1.54, 1.807) is 6.08 Å². The molecule has 0 amide bonds. The Hall–Kier alpha value is -3.43. The molecule has 0 saturated heterocycles. The van der Waals surface area contributed by atoms with Crippen molar-refractivity contribution >= 4 is 6.29 Å². The topological polar surface area (TPSA) is 146 Å². The maximum atomic E-state index is 11.1.